The van der Waals surface area contributed by atoms with Crippen LogP contribution in [0.2, 0.25) is 0 Å². The molecule has 4 nitrogen and oxygen atoms in total. The number of ether oxygens (including phenoxy) is 2. The fraction of sp³-hybridized carbons (Fsp3) is 0.350. The molecule has 0 fully saturated rings. The van der Waals surface area contributed by atoms with Gasteiger partial charge in [0.05, 0.1) is 7.11 Å². The number of rotatable bonds is 7. The maximum Gasteiger partial charge on any atom is 0.265 e. The molecule has 0 unspecified atom stereocenters. The van der Waals surface area contributed by atoms with E-state index >= 15 is 0 Å². The Morgan fingerprint density at radius 1 is 1.08 bits per heavy atom. The Morgan fingerprint density at radius 2 is 1.79 bits per heavy atom. The van der Waals surface area contributed by atoms with Crippen LogP contribution >= 0.6 is 0 Å². The molecular formula is C20H25NO3. The Balaban J connectivity index is 2.11. The number of nitrogens with one attached hydrogen (secondary N) is 1. The van der Waals surface area contributed by atoms with E-state index < -0.39 is 6.10 Å². The number of methoxy groups -OCH3 is 1. The SMILES string of the molecule is CC[C@H](Oc1cccc(OC)c1)C(=O)Nc1ccccc1C(C)C. The topological polar surface area (TPSA) is 47.6 Å². The van der Waals surface area contributed by atoms with Crippen molar-refractivity contribution in [3.63, 3.8) is 0 Å². The number of carbonyl (C=O) groups is 1. The van der Waals surface area contributed by atoms with Gasteiger partial charge in [-0.25, -0.2) is 0 Å². The summed E-state index contributed by atoms with van der Waals surface area (Å²) in [4.78, 5) is 12.6. The van der Waals surface area contributed by atoms with E-state index in [1.807, 2.05) is 49.4 Å². The van der Waals surface area contributed by atoms with Crippen molar-refractivity contribution in [3.8, 4) is 11.5 Å². The van der Waals surface area contributed by atoms with Crippen molar-refractivity contribution < 1.29 is 14.3 Å². The Labute approximate surface area is 143 Å². The van der Waals surface area contributed by atoms with Crippen LogP contribution in [0.5, 0.6) is 11.5 Å². The van der Waals surface area contributed by atoms with Gasteiger partial charge in [-0.05, 0) is 36.1 Å². The van der Waals surface area contributed by atoms with E-state index in [-0.39, 0.29) is 5.91 Å². The van der Waals surface area contributed by atoms with Gasteiger partial charge < -0.3 is 14.8 Å². The summed E-state index contributed by atoms with van der Waals surface area (Å²) in [6, 6.07) is 15.1. The summed E-state index contributed by atoms with van der Waals surface area (Å²) >= 11 is 0. The summed E-state index contributed by atoms with van der Waals surface area (Å²) < 4.78 is 11.0. The van der Waals surface area contributed by atoms with Crippen molar-refractivity contribution in [2.75, 3.05) is 12.4 Å². The van der Waals surface area contributed by atoms with Gasteiger partial charge in [0.25, 0.3) is 5.91 Å². The number of hydrogen-bond donors (Lipinski definition) is 1. The van der Waals surface area contributed by atoms with Crippen molar-refractivity contribution in [1.82, 2.24) is 0 Å². The molecule has 128 valence electrons. The van der Waals surface area contributed by atoms with Crippen LogP contribution in [0, 0.1) is 0 Å². The van der Waals surface area contributed by atoms with E-state index in [9.17, 15) is 4.79 Å². The molecule has 0 aromatic heterocycles. The lowest BCUT2D eigenvalue weighted by Crippen LogP contribution is -2.32. The first-order chi connectivity index (χ1) is 11.5. The summed E-state index contributed by atoms with van der Waals surface area (Å²) in [7, 11) is 1.60. The minimum Gasteiger partial charge on any atom is -0.497 e. The third-order valence-corrected chi connectivity index (χ3v) is 3.82. The van der Waals surface area contributed by atoms with Gasteiger partial charge in [-0.15, -0.1) is 0 Å². The largest absolute Gasteiger partial charge is 0.497 e. The zero-order chi connectivity index (χ0) is 17.5. The van der Waals surface area contributed by atoms with Crippen LogP contribution in [-0.4, -0.2) is 19.1 Å². The second-order valence-electron chi connectivity index (χ2n) is 5.92. The van der Waals surface area contributed by atoms with Crippen molar-refractivity contribution in [2.45, 2.75) is 39.2 Å². The molecule has 2 rings (SSSR count). The summed E-state index contributed by atoms with van der Waals surface area (Å²) in [5, 5.41) is 3.00. The molecule has 1 amide bonds. The van der Waals surface area contributed by atoms with Crippen molar-refractivity contribution in [2.24, 2.45) is 0 Å². The van der Waals surface area contributed by atoms with Crippen LogP contribution in [0.15, 0.2) is 48.5 Å². The number of benzene rings is 2. The third-order valence-electron chi connectivity index (χ3n) is 3.82. The monoisotopic (exact) mass is 327 g/mol. The maximum atomic E-state index is 12.6. The standard InChI is InChI=1S/C20H25NO3/c1-5-19(24-16-10-8-9-15(13-16)23-4)20(22)21-18-12-7-6-11-17(18)14(2)3/h6-14,19H,5H2,1-4H3,(H,21,22)/t19-/m0/s1. The molecule has 0 bridgehead atoms. The molecule has 0 saturated carbocycles. The first-order valence-electron chi connectivity index (χ1n) is 8.25. The molecule has 2 aromatic rings. The first-order valence-corrected chi connectivity index (χ1v) is 8.25. The summed E-state index contributed by atoms with van der Waals surface area (Å²) in [6.07, 6.45) is 0.0182. The molecule has 24 heavy (non-hydrogen) atoms. The number of hydrogen-bond acceptors (Lipinski definition) is 3. The third kappa shape index (κ3) is 4.51. The molecule has 0 saturated heterocycles. The fourth-order valence-corrected chi connectivity index (χ4v) is 2.49. The smallest absolute Gasteiger partial charge is 0.265 e. The molecule has 1 N–H and O–H groups in total. The van der Waals surface area contributed by atoms with E-state index in [0.717, 1.165) is 11.3 Å². The second kappa shape index (κ2) is 8.39. The van der Waals surface area contributed by atoms with E-state index in [0.29, 0.717) is 23.8 Å². The van der Waals surface area contributed by atoms with E-state index in [4.69, 9.17) is 9.47 Å². The number of para-hydroxylation sites is 1. The summed E-state index contributed by atoms with van der Waals surface area (Å²) in [5.41, 5.74) is 1.95. The summed E-state index contributed by atoms with van der Waals surface area (Å²) in [6.45, 7) is 6.14. The van der Waals surface area contributed by atoms with Crippen LogP contribution in [0.4, 0.5) is 5.69 Å². The second-order valence-corrected chi connectivity index (χ2v) is 5.92. The number of anilines is 1. The maximum absolute atomic E-state index is 12.6. The fourth-order valence-electron chi connectivity index (χ4n) is 2.49. The zero-order valence-corrected chi connectivity index (χ0v) is 14.7. The summed E-state index contributed by atoms with van der Waals surface area (Å²) in [5.74, 6) is 1.51. The van der Waals surface area contributed by atoms with Gasteiger partial charge in [0.15, 0.2) is 6.10 Å². The van der Waals surface area contributed by atoms with Crippen LogP contribution in [0.25, 0.3) is 0 Å². The van der Waals surface area contributed by atoms with Gasteiger partial charge in [-0.1, -0.05) is 45.0 Å². The molecule has 0 aliphatic carbocycles. The minimum absolute atomic E-state index is 0.145. The Kier molecular flexibility index (Phi) is 6.24. The number of carbonyl (C=O) groups excluding carboxylic acids is 1. The average molecular weight is 327 g/mol. The van der Waals surface area contributed by atoms with Crippen molar-refractivity contribution in [3.05, 3.63) is 54.1 Å². The Bertz CT molecular complexity index is 682. The highest BCUT2D eigenvalue weighted by atomic mass is 16.5. The van der Waals surface area contributed by atoms with Crippen LogP contribution in [0.3, 0.4) is 0 Å². The van der Waals surface area contributed by atoms with Crippen molar-refractivity contribution >= 4 is 11.6 Å². The lowest BCUT2D eigenvalue weighted by molar-refractivity contribution is -0.122. The predicted octanol–water partition coefficient (Wildman–Crippen LogP) is 4.61. The quantitative estimate of drug-likeness (QED) is 0.807. The highest BCUT2D eigenvalue weighted by molar-refractivity contribution is 5.95. The van der Waals surface area contributed by atoms with Gasteiger partial charge in [0, 0.05) is 11.8 Å². The molecule has 0 aliphatic heterocycles. The zero-order valence-electron chi connectivity index (χ0n) is 14.7. The first kappa shape index (κ1) is 17.9. The van der Waals surface area contributed by atoms with Crippen LogP contribution < -0.4 is 14.8 Å². The lowest BCUT2D eigenvalue weighted by atomic mass is 10.0. The average Bonchev–Trinajstić information content (AvgIpc) is 2.60. The highest BCUT2D eigenvalue weighted by Crippen LogP contribution is 2.25. The predicted molar refractivity (Wildman–Crippen MR) is 96.9 cm³/mol. The number of amides is 1. The van der Waals surface area contributed by atoms with E-state index in [1.54, 1.807) is 13.2 Å². The van der Waals surface area contributed by atoms with Gasteiger partial charge in [-0.3, -0.25) is 4.79 Å². The van der Waals surface area contributed by atoms with Gasteiger partial charge in [0.2, 0.25) is 0 Å². The minimum atomic E-state index is -0.558. The molecule has 0 spiro atoms. The molecule has 1 atom stereocenters. The Hall–Kier alpha value is -2.49. The van der Waals surface area contributed by atoms with Gasteiger partial charge in [0.1, 0.15) is 11.5 Å². The molecule has 0 radical (unpaired) electrons. The Morgan fingerprint density at radius 3 is 2.46 bits per heavy atom. The molecular weight excluding hydrogens is 302 g/mol. The van der Waals surface area contributed by atoms with Crippen LogP contribution in [-0.2, 0) is 4.79 Å². The molecule has 0 aliphatic rings. The highest BCUT2D eigenvalue weighted by Gasteiger charge is 2.20. The molecule has 2 aromatic carbocycles. The van der Waals surface area contributed by atoms with Crippen molar-refractivity contribution in [1.29, 1.82) is 0 Å². The van der Waals surface area contributed by atoms with Gasteiger partial charge in [-0.2, -0.15) is 0 Å². The van der Waals surface area contributed by atoms with Crippen LogP contribution in [0.1, 0.15) is 38.7 Å². The van der Waals surface area contributed by atoms with Gasteiger partial charge >= 0.3 is 0 Å². The van der Waals surface area contributed by atoms with E-state index in [2.05, 4.69) is 19.2 Å². The molecule has 0 heterocycles. The lowest BCUT2D eigenvalue weighted by Gasteiger charge is -2.19. The normalized spacial score (nSPS) is 11.9. The molecule has 4 heteroatoms. The van der Waals surface area contributed by atoms with E-state index in [1.165, 1.54) is 0 Å².